The van der Waals surface area contributed by atoms with Crippen LogP contribution in [0.5, 0.6) is 0 Å². The average Bonchev–Trinajstić information content (AvgIpc) is 3.02. The van der Waals surface area contributed by atoms with E-state index in [2.05, 4.69) is 33.2 Å². The Labute approximate surface area is 164 Å². The number of nitrogens with zero attached hydrogens (tertiary/aromatic N) is 2. The van der Waals surface area contributed by atoms with Crippen molar-refractivity contribution in [3.05, 3.63) is 57.0 Å². The van der Waals surface area contributed by atoms with E-state index in [1.54, 1.807) is 11.3 Å². The van der Waals surface area contributed by atoms with Crippen molar-refractivity contribution in [2.24, 2.45) is 5.73 Å². The number of benzene rings is 1. The first-order valence-electron chi connectivity index (χ1n) is 8.23. The molecule has 3 aromatic rings. The fourth-order valence-corrected chi connectivity index (χ4v) is 4.03. The Hall–Kier alpha value is -2.25. The molecule has 2 aromatic heterocycles. The summed E-state index contributed by atoms with van der Waals surface area (Å²) in [5, 5.41) is 3.39. The van der Waals surface area contributed by atoms with Crippen LogP contribution in [0.3, 0.4) is 0 Å². The summed E-state index contributed by atoms with van der Waals surface area (Å²) in [5.41, 5.74) is 9.09. The predicted molar refractivity (Wildman–Crippen MR) is 110 cm³/mol. The Kier molecular flexibility index (Phi) is 5.68. The lowest BCUT2D eigenvalue weighted by Gasteiger charge is -2.14. The van der Waals surface area contributed by atoms with E-state index in [0.29, 0.717) is 5.82 Å². The van der Waals surface area contributed by atoms with E-state index in [9.17, 15) is 4.79 Å². The molecule has 0 radical (unpaired) electrons. The van der Waals surface area contributed by atoms with Crippen LogP contribution >= 0.6 is 27.3 Å². The highest BCUT2D eigenvalue weighted by atomic mass is 79.9. The number of anilines is 2. The molecule has 1 aromatic carbocycles. The molecule has 7 heteroatoms. The van der Waals surface area contributed by atoms with Crippen molar-refractivity contribution in [1.82, 2.24) is 9.97 Å². The highest BCUT2D eigenvalue weighted by Crippen LogP contribution is 2.31. The SMILES string of the molecule is CCc1c(C)nc(-c2ccc(Br)s2)nc1Nc1ccc(CC(N)=O)cc1. The molecule has 1 amide bonds. The van der Waals surface area contributed by atoms with Gasteiger partial charge in [-0.25, -0.2) is 9.97 Å². The first-order valence-corrected chi connectivity index (χ1v) is 9.84. The van der Waals surface area contributed by atoms with Crippen molar-refractivity contribution < 1.29 is 4.79 Å². The quantitative estimate of drug-likeness (QED) is 0.597. The van der Waals surface area contributed by atoms with Gasteiger partial charge in [0, 0.05) is 16.9 Å². The van der Waals surface area contributed by atoms with Crippen molar-refractivity contribution in [3.63, 3.8) is 0 Å². The molecule has 26 heavy (non-hydrogen) atoms. The molecule has 2 heterocycles. The van der Waals surface area contributed by atoms with E-state index in [0.717, 1.165) is 43.4 Å². The number of nitrogens with one attached hydrogen (secondary N) is 1. The van der Waals surface area contributed by atoms with Crippen LogP contribution in [0.1, 0.15) is 23.7 Å². The fourth-order valence-electron chi connectivity index (χ4n) is 2.71. The van der Waals surface area contributed by atoms with Crippen LogP contribution in [-0.4, -0.2) is 15.9 Å². The third-order valence-corrected chi connectivity index (χ3v) is 5.58. The van der Waals surface area contributed by atoms with E-state index >= 15 is 0 Å². The largest absolute Gasteiger partial charge is 0.369 e. The summed E-state index contributed by atoms with van der Waals surface area (Å²) in [6, 6.07) is 11.6. The van der Waals surface area contributed by atoms with Gasteiger partial charge in [0.15, 0.2) is 5.82 Å². The van der Waals surface area contributed by atoms with Crippen LogP contribution in [0, 0.1) is 6.92 Å². The number of hydrogen-bond acceptors (Lipinski definition) is 5. The molecule has 0 spiro atoms. The lowest BCUT2D eigenvalue weighted by molar-refractivity contribution is -0.117. The van der Waals surface area contributed by atoms with E-state index in [-0.39, 0.29) is 12.3 Å². The van der Waals surface area contributed by atoms with Gasteiger partial charge in [-0.1, -0.05) is 19.1 Å². The Bertz CT molecular complexity index is 937. The van der Waals surface area contributed by atoms with Gasteiger partial charge < -0.3 is 11.1 Å². The third kappa shape index (κ3) is 4.28. The zero-order valence-corrected chi connectivity index (χ0v) is 16.9. The van der Waals surface area contributed by atoms with E-state index < -0.39 is 0 Å². The van der Waals surface area contributed by atoms with Crippen molar-refractivity contribution in [2.45, 2.75) is 26.7 Å². The van der Waals surface area contributed by atoms with Gasteiger partial charge in [-0.3, -0.25) is 4.79 Å². The minimum absolute atomic E-state index is 0.241. The molecule has 0 aliphatic heterocycles. The summed E-state index contributed by atoms with van der Waals surface area (Å²) in [6.07, 6.45) is 1.08. The molecule has 134 valence electrons. The molecule has 0 saturated heterocycles. The molecular weight excluding hydrogens is 412 g/mol. The van der Waals surface area contributed by atoms with Crippen molar-refractivity contribution in [2.75, 3.05) is 5.32 Å². The molecule has 0 saturated carbocycles. The number of nitrogens with two attached hydrogens (primary N) is 1. The number of carbonyl (C=O) groups excluding carboxylic acids is 1. The monoisotopic (exact) mass is 430 g/mol. The third-order valence-electron chi connectivity index (χ3n) is 3.96. The van der Waals surface area contributed by atoms with Crippen LogP contribution in [0.4, 0.5) is 11.5 Å². The Balaban J connectivity index is 1.92. The number of aromatic nitrogens is 2. The van der Waals surface area contributed by atoms with Gasteiger partial charge in [-0.2, -0.15) is 0 Å². The van der Waals surface area contributed by atoms with Gasteiger partial charge in [0.25, 0.3) is 0 Å². The summed E-state index contributed by atoms with van der Waals surface area (Å²) in [6.45, 7) is 4.10. The summed E-state index contributed by atoms with van der Waals surface area (Å²) in [5.74, 6) is 1.18. The minimum Gasteiger partial charge on any atom is -0.369 e. The molecule has 3 rings (SSSR count). The van der Waals surface area contributed by atoms with Crippen molar-refractivity contribution >= 4 is 44.7 Å². The number of halogens is 1. The standard InChI is InChI=1S/C19H19BrN4OS/c1-3-14-11(2)22-19(15-8-9-16(20)26-15)24-18(14)23-13-6-4-12(5-7-13)10-17(21)25/h4-9H,3,10H2,1-2H3,(H2,21,25)(H,22,23,24). The second-order valence-corrected chi connectivity index (χ2v) is 8.35. The van der Waals surface area contributed by atoms with Gasteiger partial charge in [0.05, 0.1) is 15.1 Å². The van der Waals surface area contributed by atoms with Crippen LogP contribution in [0.15, 0.2) is 40.2 Å². The fraction of sp³-hybridized carbons (Fsp3) is 0.211. The van der Waals surface area contributed by atoms with Gasteiger partial charge in [-0.15, -0.1) is 11.3 Å². The Morgan fingerprint density at radius 3 is 2.50 bits per heavy atom. The maximum absolute atomic E-state index is 11.0. The second-order valence-electron chi connectivity index (χ2n) is 5.88. The first kappa shape index (κ1) is 18.5. The molecule has 5 nitrogen and oxygen atoms in total. The zero-order chi connectivity index (χ0) is 18.7. The van der Waals surface area contributed by atoms with E-state index in [1.165, 1.54) is 0 Å². The molecular formula is C19H19BrN4OS. The Morgan fingerprint density at radius 2 is 1.92 bits per heavy atom. The van der Waals surface area contributed by atoms with Crippen LogP contribution in [0.2, 0.25) is 0 Å². The molecule has 3 N–H and O–H groups in total. The molecule has 0 aliphatic carbocycles. The number of hydrogen-bond donors (Lipinski definition) is 2. The second kappa shape index (κ2) is 7.97. The van der Waals surface area contributed by atoms with Crippen molar-refractivity contribution in [1.29, 1.82) is 0 Å². The maximum atomic E-state index is 11.0. The van der Waals surface area contributed by atoms with Gasteiger partial charge in [-0.05, 0) is 59.1 Å². The van der Waals surface area contributed by atoms with Gasteiger partial charge in [0.2, 0.25) is 5.91 Å². The average molecular weight is 431 g/mol. The number of amides is 1. The smallest absolute Gasteiger partial charge is 0.221 e. The summed E-state index contributed by atoms with van der Waals surface area (Å²) < 4.78 is 1.05. The van der Waals surface area contributed by atoms with Crippen molar-refractivity contribution in [3.8, 4) is 10.7 Å². The lowest BCUT2D eigenvalue weighted by Crippen LogP contribution is -2.13. The van der Waals surface area contributed by atoms with Gasteiger partial charge >= 0.3 is 0 Å². The molecule has 0 atom stereocenters. The normalized spacial score (nSPS) is 10.7. The van der Waals surface area contributed by atoms with Crippen LogP contribution < -0.4 is 11.1 Å². The lowest BCUT2D eigenvalue weighted by atomic mass is 10.1. The number of aryl methyl sites for hydroxylation is 1. The van der Waals surface area contributed by atoms with Crippen LogP contribution in [-0.2, 0) is 17.6 Å². The van der Waals surface area contributed by atoms with Gasteiger partial charge in [0.1, 0.15) is 5.82 Å². The highest BCUT2D eigenvalue weighted by molar-refractivity contribution is 9.11. The molecule has 0 aliphatic rings. The summed E-state index contributed by atoms with van der Waals surface area (Å²) in [7, 11) is 0. The van der Waals surface area contributed by atoms with E-state index in [4.69, 9.17) is 10.7 Å². The summed E-state index contributed by atoms with van der Waals surface area (Å²) >= 11 is 5.09. The first-order chi connectivity index (χ1) is 12.5. The van der Waals surface area contributed by atoms with E-state index in [1.807, 2.05) is 43.3 Å². The highest BCUT2D eigenvalue weighted by Gasteiger charge is 2.13. The molecule has 0 bridgehead atoms. The number of rotatable bonds is 6. The predicted octanol–water partition coefficient (Wildman–Crippen LogP) is 4.61. The molecule has 0 unspecified atom stereocenters. The number of primary amides is 1. The maximum Gasteiger partial charge on any atom is 0.221 e. The minimum atomic E-state index is -0.336. The number of thiophene rings is 1. The topological polar surface area (TPSA) is 80.9 Å². The zero-order valence-electron chi connectivity index (χ0n) is 14.5. The Morgan fingerprint density at radius 1 is 1.19 bits per heavy atom. The summed E-state index contributed by atoms with van der Waals surface area (Å²) in [4.78, 5) is 21.5. The van der Waals surface area contributed by atoms with Crippen LogP contribution in [0.25, 0.3) is 10.7 Å². The molecule has 0 fully saturated rings. The number of carbonyl (C=O) groups is 1.